The zero-order valence-corrected chi connectivity index (χ0v) is 10.9. The number of carboxylic acids is 1. The number of rotatable bonds is 3. The van der Waals surface area contributed by atoms with Crippen LogP contribution in [0.1, 0.15) is 38.3 Å². The van der Waals surface area contributed by atoms with E-state index in [0.717, 1.165) is 12.8 Å². The molecule has 0 bridgehead atoms. The second-order valence-electron chi connectivity index (χ2n) is 5.24. The van der Waals surface area contributed by atoms with Gasteiger partial charge >= 0.3 is 5.97 Å². The van der Waals surface area contributed by atoms with Gasteiger partial charge in [-0.3, -0.25) is 0 Å². The zero-order valence-electron chi connectivity index (χ0n) is 10.9. The van der Waals surface area contributed by atoms with E-state index in [1.165, 1.54) is 6.20 Å². The van der Waals surface area contributed by atoms with Gasteiger partial charge in [-0.05, 0) is 43.7 Å². The van der Waals surface area contributed by atoms with Crippen molar-refractivity contribution in [3.63, 3.8) is 0 Å². The fourth-order valence-electron chi connectivity index (χ4n) is 2.46. The predicted octanol–water partition coefficient (Wildman–Crippen LogP) is 2.40. The summed E-state index contributed by atoms with van der Waals surface area (Å²) in [6, 6.07) is 5.23. The van der Waals surface area contributed by atoms with Gasteiger partial charge in [-0.1, -0.05) is 6.92 Å². The molecule has 1 aliphatic rings. The van der Waals surface area contributed by atoms with Crippen LogP contribution in [-0.4, -0.2) is 21.6 Å². The maximum Gasteiger partial charge on any atom is 0.329 e. The number of aliphatic carboxylic acids is 1. The number of hydrogen-bond donors (Lipinski definition) is 2. The van der Waals surface area contributed by atoms with Crippen LogP contribution in [0.2, 0.25) is 0 Å². The highest BCUT2D eigenvalue weighted by molar-refractivity contribution is 5.82. The van der Waals surface area contributed by atoms with Crippen LogP contribution in [0.5, 0.6) is 0 Å². The van der Waals surface area contributed by atoms with Gasteiger partial charge in [-0.2, -0.15) is 5.26 Å². The average molecular weight is 259 g/mol. The van der Waals surface area contributed by atoms with Gasteiger partial charge in [0.15, 0.2) is 0 Å². The number of hydrogen-bond acceptors (Lipinski definition) is 4. The molecule has 2 rings (SSSR count). The van der Waals surface area contributed by atoms with Gasteiger partial charge in [0.05, 0.1) is 11.9 Å². The van der Waals surface area contributed by atoms with E-state index in [-0.39, 0.29) is 0 Å². The molecule has 0 saturated heterocycles. The maximum atomic E-state index is 11.6. The van der Waals surface area contributed by atoms with Crippen molar-refractivity contribution in [2.24, 2.45) is 5.92 Å². The van der Waals surface area contributed by atoms with E-state index in [1.807, 2.05) is 6.07 Å². The number of nitrogens with zero attached hydrogens (tertiary/aromatic N) is 2. The fraction of sp³-hybridized carbons (Fsp3) is 0.500. The van der Waals surface area contributed by atoms with E-state index in [1.54, 1.807) is 12.1 Å². The first kappa shape index (κ1) is 13.3. The standard InChI is InChI=1S/C14H17N3O2/c1-10-4-6-14(7-5-10,13(18)19)17-12-3-2-11(8-15)16-9-12/h2-3,9-10,17H,4-7H2,1H3,(H,18,19). The Hall–Kier alpha value is -2.09. The van der Waals surface area contributed by atoms with E-state index < -0.39 is 11.5 Å². The molecule has 1 aliphatic carbocycles. The van der Waals surface area contributed by atoms with E-state index in [9.17, 15) is 9.90 Å². The Morgan fingerprint density at radius 2 is 2.21 bits per heavy atom. The van der Waals surface area contributed by atoms with Gasteiger partial charge in [0.25, 0.3) is 0 Å². The molecule has 0 amide bonds. The lowest BCUT2D eigenvalue weighted by Crippen LogP contribution is -2.48. The van der Waals surface area contributed by atoms with Crippen molar-refractivity contribution in [1.29, 1.82) is 5.26 Å². The summed E-state index contributed by atoms with van der Waals surface area (Å²) < 4.78 is 0. The minimum atomic E-state index is -0.900. The van der Waals surface area contributed by atoms with Crippen LogP contribution in [0.3, 0.4) is 0 Å². The number of pyridine rings is 1. The maximum absolute atomic E-state index is 11.6. The highest BCUT2D eigenvalue weighted by Crippen LogP contribution is 2.34. The van der Waals surface area contributed by atoms with Crippen molar-refractivity contribution in [1.82, 2.24) is 4.98 Å². The predicted molar refractivity (Wildman–Crippen MR) is 70.6 cm³/mol. The zero-order chi connectivity index (χ0) is 13.9. The average Bonchev–Trinajstić information content (AvgIpc) is 2.42. The molecule has 0 atom stereocenters. The second-order valence-corrected chi connectivity index (χ2v) is 5.24. The summed E-state index contributed by atoms with van der Waals surface area (Å²) in [5, 5.41) is 21.3. The van der Waals surface area contributed by atoms with Crippen LogP contribution < -0.4 is 5.32 Å². The summed E-state index contributed by atoms with van der Waals surface area (Å²) in [4.78, 5) is 15.5. The number of carboxylic acid groups (broad SMARTS) is 1. The molecule has 0 aliphatic heterocycles. The van der Waals surface area contributed by atoms with Crippen molar-refractivity contribution >= 4 is 11.7 Å². The smallest absolute Gasteiger partial charge is 0.329 e. The molecule has 1 aromatic rings. The van der Waals surface area contributed by atoms with Gasteiger partial charge < -0.3 is 10.4 Å². The number of aromatic nitrogens is 1. The lowest BCUT2D eigenvalue weighted by atomic mass is 9.77. The molecular weight excluding hydrogens is 242 g/mol. The van der Waals surface area contributed by atoms with Gasteiger partial charge in [0, 0.05) is 0 Å². The summed E-state index contributed by atoms with van der Waals surface area (Å²) in [6.07, 6.45) is 4.56. The van der Waals surface area contributed by atoms with E-state index in [2.05, 4.69) is 17.2 Å². The second kappa shape index (κ2) is 5.27. The summed E-state index contributed by atoms with van der Waals surface area (Å²) in [5.74, 6) is -0.239. The van der Waals surface area contributed by atoms with Crippen molar-refractivity contribution in [2.45, 2.75) is 38.1 Å². The molecule has 0 radical (unpaired) electrons. The van der Waals surface area contributed by atoms with Crippen molar-refractivity contribution in [3.8, 4) is 6.07 Å². The largest absolute Gasteiger partial charge is 0.480 e. The molecule has 5 heteroatoms. The van der Waals surface area contributed by atoms with E-state index in [4.69, 9.17) is 5.26 Å². The first-order valence-corrected chi connectivity index (χ1v) is 6.43. The Labute approximate surface area is 112 Å². The molecule has 1 saturated carbocycles. The van der Waals surface area contributed by atoms with E-state index in [0.29, 0.717) is 30.1 Å². The molecule has 0 aromatic carbocycles. The highest BCUT2D eigenvalue weighted by Gasteiger charge is 2.41. The SMILES string of the molecule is CC1CCC(Nc2ccc(C#N)nc2)(C(=O)O)CC1. The van der Waals surface area contributed by atoms with E-state index >= 15 is 0 Å². The van der Waals surface area contributed by atoms with Crippen molar-refractivity contribution < 1.29 is 9.90 Å². The van der Waals surface area contributed by atoms with Crippen LogP contribution in [0.4, 0.5) is 5.69 Å². The summed E-state index contributed by atoms with van der Waals surface area (Å²) >= 11 is 0. The van der Waals surface area contributed by atoms with Crippen LogP contribution in [0, 0.1) is 17.2 Å². The summed E-state index contributed by atoms with van der Waals surface area (Å²) in [7, 11) is 0. The van der Waals surface area contributed by atoms with Gasteiger partial charge in [-0.25, -0.2) is 9.78 Å². The van der Waals surface area contributed by atoms with Crippen LogP contribution in [0.15, 0.2) is 18.3 Å². The number of nitrogens with one attached hydrogen (secondary N) is 1. The molecule has 0 spiro atoms. The lowest BCUT2D eigenvalue weighted by Gasteiger charge is -2.37. The first-order valence-electron chi connectivity index (χ1n) is 6.43. The number of anilines is 1. The van der Waals surface area contributed by atoms with Crippen molar-refractivity contribution in [2.75, 3.05) is 5.32 Å². The Morgan fingerprint density at radius 3 is 2.68 bits per heavy atom. The normalized spacial score (nSPS) is 26.4. The van der Waals surface area contributed by atoms with Crippen LogP contribution in [0.25, 0.3) is 0 Å². The monoisotopic (exact) mass is 259 g/mol. The topological polar surface area (TPSA) is 86.0 Å². The van der Waals surface area contributed by atoms with Crippen LogP contribution >= 0.6 is 0 Å². The summed E-state index contributed by atoms with van der Waals surface area (Å²) in [6.45, 7) is 2.15. The number of carbonyl (C=O) groups is 1. The molecular formula is C14H17N3O2. The third-order valence-corrected chi connectivity index (χ3v) is 3.80. The first-order chi connectivity index (χ1) is 9.05. The minimum Gasteiger partial charge on any atom is -0.480 e. The van der Waals surface area contributed by atoms with Gasteiger partial charge in [-0.15, -0.1) is 0 Å². The fourth-order valence-corrected chi connectivity index (χ4v) is 2.46. The molecule has 1 aromatic heterocycles. The Kier molecular flexibility index (Phi) is 3.70. The van der Waals surface area contributed by atoms with Gasteiger partial charge in [0.2, 0.25) is 0 Å². The quantitative estimate of drug-likeness (QED) is 0.870. The Morgan fingerprint density at radius 1 is 1.53 bits per heavy atom. The molecule has 100 valence electrons. The van der Waals surface area contributed by atoms with Crippen molar-refractivity contribution in [3.05, 3.63) is 24.0 Å². The third kappa shape index (κ3) is 2.84. The molecule has 19 heavy (non-hydrogen) atoms. The molecule has 5 nitrogen and oxygen atoms in total. The molecule has 1 heterocycles. The molecule has 0 unspecified atom stereocenters. The van der Waals surface area contributed by atoms with Gasteiger partial charge in [0.1, 0.15) is 17.3 Å². The third-order valence-electron chi connectivity index (χ3n) is 3.80. The summed E-state index contributed by atoms with van der Waals surface area (Å²) in [5.41, 5.74) is 0.0747. The minimum absolute atomic E-state index is 0.326. The molecule has 2 N–H and O–H groups in total. The highest BCUT2D eigenvalue weighted by atomic mass is 16.4. The molecule has 1 fully saturated rings. The van der Waals surface area contributed by atoms with Crippen LogP contribution in [-0.2, 0) is 4.79 Å². The Balaban J connectivity index is 2.17. The Bertz CT molecular complexity index is 496. The lowest BCUT2D eigenvalue weighted by molar-refractivity contribution is -0.143. The number of nitriles is 1.